The minimum absolute atomic E-state index is 0.0397. The van der Waals surface area contributed by atoms with Crippen molar-refractivity contribution in [3.05, 3.63) is 44.8 Å². The minimum atomic E-state index is -0.0397. The molecular weight excluding hydrogens is 290 g/mol. The number of nitrogens with zero attached hydrogens (tertiary/aromatic N) is 1. The Balaban J connectivity index is 2.33. The van der Waals surface area contributed by atoms with Crippen LogP contribution in [0.1, 0.15) is 15.2 Å². The molecule has 2 rings (SSSR count). The van der Waals surface area contributed by atoms with Crippen molar-refractivity contribution >= 4 is 33.0 Å². The van der Waals surface area contributed by atoms with E-state index < -0.39 is 0 Å². The maximum atomic E-state index is 12.0. The molecule has 0 N–H and O–H groups in total. The highest BCUT2D eigenvalue weighted by molar-refractivity contribution is 9.10. The van der Waals surface area contributed by atoms with E-state index >= 15 is 0 Å². The Hall–Kier alpha value is -1.20. The summed E-state index contributed by atoms with van der Waals surface area (Å²) < 4.78 is 5.94. The number of carbonyl (C=O) groups is 1. The summed E-state index contributed by atoms with van der Waals surface area (Å²) in [5.41, 5.74) is 0.536. The molecule has 0 radical (unpaired) electrons. The molecule has 3 nitrogen and oxygen atoms in total. The van der Waals surface area contributed by atoms with Gasteiger partial charge in [0.25, 0.3) is 0 Å². The summed E-state index contributed by atoms with van der Waals surface area (Å²) >= 11 is 4.72. The van der Waals surface area contributed by atoms with Gasteiger partial charge in [-0.2, -0.15) is 0 Å². The van der Waals surface area contributed by atoms with E-state index in [4.69, 9.17) is 4.74 Å². The number of ether oxygens (including phenoxy) is 1. The molecule has 0 aromatic carbocycles. The molecule has 0 saturated heterocycles. The zero-order valence-electron chi connectivity index (χ0n) is 8.44. The van der Waals surface area contributed by atoms with Crippen molar-refractivity contribution in [2.24, 2.45) is 0 Å². The molecule has 0 bridgehead atoms. The first-order valence-corrected chi connectivity index (χ1v) is 6.16. The molecule has 0 unspecified atom stereocenters. The van der Waals surface area contributed by atoms with E-state index in [0.29, 0.717) is 16.2 Å². The van der Waals surface area contributed by atoms with E-state index in [2.05, 4.69) is 20.9 Å². The van der Waals surface area contributed by atoms with Crippen LogP contribution in [0.4, 0.5) is 0 Å². The number of rotatable bonds is 3. The molecule has 0 fully saturated rings. The lowest BCUT2D eigenvalue weighted by molar-refractivity contribution is 0.104. The van der Waals surface area contributed by atoms with Crippen molar-refractivity contribution < 1.29 is 9.53 Å². The molecule has 82 valence electrons. The van der Waals surface area contributed by atoms with Gasteiger partial charge in [-0.3, -0.25) is 9.78 Å². The zero-order chi connectivity index (χ0) is 11.5. The van der Waals surface area contributed by atoms with Crippen LogP contribution in [0.2, 0.25) is 0 Å². The van der Waals surface area contributed by atoms with E-state index in [1.165, 1.54) is 11.3 Å². The normalized spacial score (nSPS) is 10.1. The van der Waals surface area contributed by atoms with Crippen molar-refractivity contribution in [2.45, 2.75) is 0 Å². The van der Waals surface area contributed by atoms with Crippen molar-refractivity contribution in [3.63, 3.8) is 0 Å². The number of carbonyl (C=O) groups excluding carboxylic acids is 1. The first kappa shape index (κ1) is 11.3. The SMILES string of the molecule is COc1cncc(C(=O)c2cc(Br)cs2)c1. The highest BCUT2D eigenvalue weighted by atomic mass is 79.9. The Morgan fingerprint density at radius 2 is 2.25 bits per heavy atom. The minimum Gasteiger partial charge on any atom is -0.495 e. The monoisotopic (exact) mass is 297 g/mol. The van der Waals surface area contributed by atoms with Gasteiger partial charge in [0.2, 0.25) is 5.78 Å². The fourth-order valence-electron chi connectivity index (χ4n) is 1.23. The maximum absolute atomic E-state index is 12.0. The zero-order valence-corrected chi connectivity index (χ0v) is 10.8. The van der Waals surface area contributed by atoms with Gasteiger partial charge in [0, 0.05) is 21.6 Å². The summed E-state index contributed by atoms with van der Waals surface area (Å²) in [4.78, 5) is 16.7. The summed E-state index contributed by atoms with van der Waals surface area (Å²) in [6.07, 6.45) is 3.11. The highest BCUT2D eigenvalue weighted by Gasteiger charge is 2.12. The second-order valence-corrected chi connectivity index (χ2v) is 4.90. The lowest BCUT2D eigenvalue weighted by Gasteiger charge is -2.01. The average Bonchev–Trinajstić information content (AvgIpc) is 2.75. The van der Waals surface area contributed by atoms with Gasteiger partial charge in [-0.05, 0) is 28.1 Å². The van der Waals surface area contributed by atoms with Gasteiger partial charge in [-0.1, -0.05) is 0 Å². The molecule has 2 aromatic heterocycles. The van der Waals surface area contributed by atoms with Gasteiger partial charge in [0.1, 0.15) is 5.75 Å². The van der Waals surface area contributed by atoms with Crippen LogP contribution in [0, 0.1) is 0 Å². The average molecular weight is 298 g/mol. The Morgan fingerprint density at radius 1 is 1.44 bits per heavy atom. The quantitative estimate of drug-likeness (QED) is 0.817. The van der Waals surface area contributed by atoms with Crippen LogP contribution < -0.4 is 4.74 Å². The molecule has 2 heterocycles. The molecular formula is C11H8BrNO2S. The Kier molecular flexibility index (Phi) is 3.36. The lowest BCUT2D eigenvalue weighted by atomic mass is 10.1. The Labute approximate surface area is 105 Å². The number of pyridine rings is 1. The van der Waals surface area contributed by atoms with Crippen molar-refractivity contribution in [1.29, 1.82) is 0 Å². The molecule has 0 amide bonds. The summed E-state index contributed by atoms with van der Waals surface area (Å²) in [6.45, 7) is 0. The summed E-state index contributed by atoms with van der Waals surface area (Å²) in [5.74, 6) is 0.545. The van der Waals surface area contributed by atoms with Crippen molar-refractivity contribution in [3.8, 4) is 5.75 Å². The third-order valence-corrected chi connectivity index (χ3v) is 3.69. The maximum Gasteiger partial charge on any atom is 0.204 e. The summed E-state index contributed by atoms with van der Waals surface area (Å²) in [5, 5.41) is 1.88. The molecule has 5 heteroatoms. The van der Waals surface area contributed by atoms with Crippen LogP contribution >= 0.6 is 27.3 Å². The van der Waals surface area contributed by atoms with Crippen LogP contribution in [-0.2, 0) is 0 Å². The van der Waals surface area contributed by atoms with E-state index in [1.807, 2.05) is 5.38 Å². The van der Waals surface area contributed by atoms with E-state index in [9.17, 15) is 4.79 Å². The first-order chi connectivity index (χ1) is 7.70. The van der Waals surface area contributed by atoms with Crippen LogP contribution in [0.3, 0.4) is 0 Å². The molecule has 0 aliphatic carbocycles. The van der Waals surface area contributed by atoms with Crippen LogP contribution in [-0.4, -0.2) is 17.9 Å². The third kappa shape index (κ3) is 2.31. The van der Waals surface area contributed by atoms with E-state index in [0.717, 1.165) is 4.47 Å². The number of thiophene rings is 1. The Bertz CT molecular complexity index is 524. The number of aromatic nitrogens is 1. The molecule has 2 aromatic rings. The molecule has 0 spiro atoms. The van der Waals surface area contributed by atoms with Crippen LogP contribution in [0.15, 0.2) is 34.4 Å². The van der Waals surface area contributed by atoms with Crippen molar-refractivity contribution in [1.82, 2.24) is 4.98 Å². The predicted molar refractivity (Wildman–Crippen MR) is 66.2 cm³/mol. The van der Waals surface area contributed by atoms with Crippen LogP contribution in [0.5, 0.6) is 5.75 Å². The highest BCUT2D eigenvalue weighted by Crippen LogP contribution is 2.23. The molecule has 16 heavy (non-hydrogen) atoms. The number of halogens is 1. The number of methoxy groups -OCH3 is 1. The van der Waals surface area contributed by atoms with Gasteiger partial charge in [-0.25, -0.2) is 0 Å². The largest absolute Gasteiger partial charge is 0.495 e. The number of hydrogen-bond donors (Lipinski definition) is 0. The molecule has 0 aliphatic rings. The van der Waals surface area contributed by atoms with Crippen molar-refractivity contribution in [2.75, 3.05) is 7.11 Å². The van der Waals surface area contributed by atoms with Crippen LogP contribution in [0.25, 0.3) is 0 Å². The lowest BCUT2D eigenvalue weighted by Crippen LogP contribution is -1.99. The van der Waals surface area contributed by atoms with E-state index in [1.54, 1.807) is 31.6 Å². The fraction of sp³-hybridized carbons (Fsp3) is 0.0909. The van der Waals surface area contributed by atoms with Gasteiger partial charge in [0.15, 0.2) is 0 Å². The number of hydrogen-bond acceptors (Lipinski definition) is 4. The second-order valence-electron chi connectivity index (χ2n) is 3.07. The van der Waals surface area contributed by atoms with E-state index in [-0.39, 0.29) is 5.78 Å². The topological polar surface area (TPSA) is 39.2 Å². The third-order valence-electron chi connectivity index (χ3n) is 2.00. The smallest absolute Gasteiger partial charge is 0.204 e. The number of ketones is 1. The predicted octanol–water partition coefficient (Wildman–Crippen LogP) is 3.15. The summed E-state index contributed by atoms with van der Waals surface area (Å²) in [6, 6.07) is 3.48. The summed E-state index contributed by atoms with van der Waals surface area (Å²) in [7, 11) is 1.55. The molecule has 0 aliphatic heterocycles. The standard InChI is InChI=1S/C11H8BrNO2S/c1-15-9-2-7(4-13-5-9)11(14)10-3-8(12)6-16-10/h2-6H,1H3. The fourth-order valence-corrected chi connectivity index (χ4v) is 2.62. The van der Waals surface area contributed by atoms with Gasteiger partial charge < -0.3 is 4.74 Å². The molecule has 0 saturated carbocycles. The van der Waals surface area contributed by atoms with Gasteiger partial charge >= 0.3 is 0 Å². The first-order valence-electron chi connectivity index (χ1n) is 4.48. The second kappa shape index (κ2) is 4.76. The Morgan fingerprint density at radius 3 is 2.88 bits per heavy atom. The van der Waals surface area contributed by atoms with Gasteiger partial charge in [0.05, 0.1) is 18.2 Å². The molecule has 0 atom stereocenters. The van der Waals surface area contributed by atoms with Gasteiger partial charge in [-0.15, -0.1) is 11.3 Å².